The van der Waals surface area contributed by atoms with Crippen LogP contribution in [0.25, 0.3) is 10.9 Å². The first-order valence-electron chi connectivity index (χ1n) is 9.31. The number of aliphatic hydroxyl groups is 1. The second kappa shape index (κ2) is 8.82. The van der Waals surface area contributed by atoms with Crippen LogP contribution in [0, 0.1) is 12.7 Å². The third-order valence-electron chi connectivity index (χ3n) is 4.54. The number of halogens is 1. The molecule has 0 fully saturated rings. The summed E-state index contributed by atoms with van der Waals surface area (Å²) in [6.07, 6.45) is 4.94. The van der Waals surface area contributed by atoms with E-state index in [4.69, 9.17) is 9.84 Å². The molecular formula is C22H25FN2O2. The van der Waals surface area contributed by atoms with Gasteiger partial charge in [-0.3, -0.25) is 4.98 Å². The van der Waals surface area contributed by atoms with E-state index in [1.54, 1.807) is 6.07 Å². The van der Waals surface area contributed by atoms with Crippen LogP contribution in [0.1, 0.15) is 30.9 Å². The van der Waals surface area contributed by atoms with Crippen LogP contribution in [-0.2, 0) is 6.42 Å². The molecule has 5 heteroatoms. The number of aromatic nitrogens is 1. The molecule has 0 aliphatic carbocycles. The number of aryl methyl sites for hydroxylation is 2. The molecule has 0 radical (unpaired) electrons. The van der Waals surface area contributed by atoms with Gasteiger partial charge in [0.2, 0.25) is 0 Å². The number of benzene rings is 2. The largest absolute Gasteiger partial charge is 0.489 e. The number of para-hydroxylation sites is 1. The fourth-order valence-corrected chi connectivity index (χ4v) is 3.12. The van der Waals surface area contributed by atoms with Gasteiger partial charge in [-0.1, -0.05) is 25.5 Å². The summed E-state index contributed by atoms with van der Waals surface area (Å²) in [5.74, 6) is 0.394. The van der Waals surface area contributed by atoms with Crippen LogP contribution >= 0.6 is 0 Å². The minimum Gasteiger partial charge on any atom is -0.489 e. The molecule has 3 aromatic rings. The fourth-order valence-electron chi connectivity index (χ4n) is 3.12. The number of aliphatic hydroxyl groups excluding tert-OH is 1. The molecular weight excluding hydrogens is 343 g/mol. The summed E-state index contributed by atoms with van der Waals surface area (Å²) in [4.78, 5) is 4.62. The molecule has 0 unspecified atom stereocenters. The lowest BCUT2D eigenvalue weighted by Gasteiger charge is -2.17. The van der Waals surface area contributed by atoms with Gasteiger partial charge < -0.3 is 15.2 Å². The van der Waals surface area contributed by atoms with Crippen LogP contribution in [0.15, 0.2) is 42.6 Å². The van der Waals surface area contributed by atoms with Gasteiger partial charge in [-0.25, -0.2) is 4.39 Å². The number of fused-ring (bicyclic) bond motifs is 1. The van der Waals surface area contributed by atoms with Gasteiger partial charge in [0, 0.05) is 17.3 Å². The summed E-state index contributed by atoms with van der Waals surface area (Å²) >= 11 is 0. The van der Waals surface area contributed by atoms with Crippen molar-refractivity contribution in [2.24, 2.45) is 0 Å². The normalized spacial score (nSPS) is 11.0. The van der Waals surface area contributed by atoms with E-state index in [1.807, 2.05) is 31.3 Å². The Labute approximate surface area is 159 Å². The Morgan fingerprint density at radius 1 is 1.22 bits per heavy atom. The molecule has 27 heavy (non-hydrogen) atoms. The SMILES string of the molecule is CCCCc1cnc2c(OCCO)cccc2c1Nc1ccc(F)cc1C. The number of nitrogens with one attached hydrogen (secondary N) is 1. The fraction of sp³-hybridized carbons (Fsp3) is 0.318. The number of ether oxygens (including phenoxy) is 1. The van der Waals surface area contributed by atoms with Crippen LogP contribution in [-0.4, -0.2) is 23.3 Å². The van der Waals surface area contributed by atoms with Crippen LogP contribution in [0.3, 0.4) is 0 Å². The van der Waals surface area contributed by atoms with E-state index in [0.717, 1.165) is 52.7 Å². The maximum Gasteiger partial charge on any atom is 0.145 e. The van der Waals surface area contributed by atoms with Crippen molar-refractivity contribution in [2.75, 3.05) is 18.5 Å². The third kappa shape index (κ3) is 4.37. The molecule has 0 amide bonds. The van der Waals surface area contributed by atoms with E-state index < -0.39 is 0 Å². The molecule has 0 bridgehead atoms. The summed E-state index contributed by atoms with van der Waals surface area (Å²) in [5.41, 5.74) is 4.54. The van der Waals surface area contributed by atoms with Gasteiger partial charge >= 0.3 is 0 Å². The second-order valence-electron chi connectivity index (χ2n) is 6.57. The van der Waals surface area contributed by atoms with Gasteiger partial charge in [-0.05, 0) is 55.2 Å². The van der Waals surface area contributed by atoms with Gasteiger partial charge in [0.15, 0.2) is 0 Å². The first-order valence-corrected chi connectivity index (χ1v) is 9.31. The summed E-state index contributed by atoms with van der Waals surface area (Å²) in [6, 6.07) is 10.5. The molecule has 1 aromatic heterocycles. The molecule has 4 nitrogen and oxygen atoms in total. The summed E-state index contributed by atoms with van der Waals surface area (Å²) in [7, 11) is 0. The van der Waals surface area contributed by atoms with Crippen molar-refractivity contribution in [3.63, 3.8) is 0 Å². The Balaban J connectivity index is 2.10. The van der Waals surface area contributed by atoms with Crippen LogP contribution < -0.4 is 10.1 Å². The second-order valence-corrected chi connectivity index (χ2v) is 6.57. The predicted octanol–water partition coefficient (Wildman–Crippen LogP) is 5.14. The van der Waals surface area contributed by atoms with Crippen LogP contribution in [0.2, 0.25) is 0 Å². The monoisotopic (exact) mass is 368 g/mol. The Morgan fingerprint density at radius 3 is 2.81 bits per heavy atom. The van der Waals surface area contributed by atoms with Crippen molar-refractivity contribution in [3.8, 4) is 5.75 Å². The maximum atomic E-state index is 13.5. The van der Waals surface area contributed by atoms with Crippen molar-refractivity contribution in [3.05, 3.63) is 59.5 Å². The molecule has 0 atom stereocenters. The number of anilines is 2. The zero-order valence-electron chi connectivity index (χ0n) is 15.8. The Kier molecular flexibility index (Phi) is 6.24. The Bertz CT molecular complexity index is 928. The summed E-state index contributed by atoms with van der Waals surface area (Å²) in [6.45, 7) is 4.21. The predicted molar refractivity (Wildman–Crippen MR) is 107 cm³/mol. The number of hydrogen-bond donors (Lipinski definition) is 2. The lowest BCUT2D eigenvalue weighted by molar-refractivity contribution is 0.202. The standard InChI is InChI=1S/C22H25FN2O2/c1-3-4-6-16-14-24-22-18(7-5-8-20(22)27-12-11-26)21(16)25-19-10-9-17(23)13-15(19)2/h5,7-10,13-14,26H,3-4,6,11-12H2,1-2H3,(H,24,25). The van der Waals surface area contributed by atoms with E-state index in [9.17, 15) is 4.39 Å². The van der Waals surface area contributed by atoms with Crippen molar-refractivity contribution in [2.45, 2.75) is 33.1 Å². The van der Waals surface area contributed by atoms with Crippen molar-refractivity contribution >= 4 is 22.3 Å². The van der Waals surface area contributed by atoms with Gasteiger partial charge in [0.25, 0.3) is 0 Å². The Hall–Kier alpha value is -2.66. The first kappa shape index (κ1) is 19.1. The number of hydrogen-bond acceptors (Lipinski definition) is 4. The van der Waals surface area contributed by atoms with Crippen LogP contribution in [0.5, 0.6) is 5.75 Å². The maximum absolute atomic E-state index is 13.5. The van der Waals surface area contributed by atoms with Crippen molar-refractivity contribution < 1.29 is 14.2 Å². The topological polar surface area (TPSA) is 54.4 Å². The molecule has 142 valence electrons. The molecule has 1 heterocycles. The lowest BCUT2D eigenvalue weighted by atomic mass is 10.0. The number of unbranched alkanes of at least 4 members (excludes halogenated alkanes) is 1. The molecule has 0 aliphatic rings. The molecule has 2 N–H and O–H groups in total. The highest BCUT2D eigenvalue weighted by Crippen LogP contribution is 2.35. The molecule has 0 saturated carbocycles. The van der Waals surface area contributed by atoms with E-state index in [-0.39, 0.29) is 19.0 Å². The number of rotatable bonds is 8. The molecule has 0 saturated heterocycles. The highest BCUT2D eigenvalue weighted by molar-refractivity contribution is 5.97. The average molecular weight is 368 g/mol. The highest BCUT2D eigenvalue weighted by Gasteiger charge is 2.13. The third-order valence-corrected chi connectivity index (χ3v) is 4.54. The van der Waals surface area contributed by atoms with E-state index >= 15 is 0 Å². The zero-order chi connectivity index (χ0) is 19.2. The van der Waals surface area contributed by atoms with E-state index in [1.165, 1.54) is 12.1 Å². The molecule has 0 spiro atoms. The smallest absolute Gasteiger partial charge is 0.145 e. The van der Waals surface area contributed by atoms with Gasteiger partial charge in [-0.2, -0.15) is 0 Å². The average Bonchev–Trinajstić information content (AvgIpc) is 2.67. The minimum atomic E-state index is -0.247. The van der Waals surface area contributed by atoms with E-state index in [2.05, 4.69) is 17.2 Å². The zero-order valence-corrected chi connectivity index (χ0v) is 15.8. The lowest BCUT2D eigenvalue weighted by Crippen LogP contribution is -2.04. The molecule has 0 aliphatic heterocycles. The van der Waals surface area contributed by atoms with Crippen molar-refractivity contribution in [1.82, 2.24) is 4.98 Å². The minimum absolute atomic E-state index is 0.0507. The quantitative estimate of drug-likeness (QED) is 0.578. The van der Waals surface area contributed by atoms with Gasteiger partial charge in [-0.15, -0.1) is 0 Å². The first-order chi connectivity index (χ1) is 13.1. The van der Waals surface area contributed by atoms with Crippen LogP contribution in [0.4, 0.5) is 15.8 Å². The Morgan fingerprint density at radius 2 is 2.07 bits per heavy atom. The van der Waals surface area contributed by atoms with E-state index in [0.29, 0.717) is 5.75 Å². The summed E-state index contributed by atoms with van der Waals surface area (Å²) < 4.78 is 19.1. The number of pyridine rings is 1. The van der Waals surface area contributed by atoms with Gasteiger partial charge in [0.1, 0.15) is 23.7 Å². The van der Waals surface area contributed by atoms with Gasteiger partial charge in [0.05, 0.1) is 12.3 Å². The molecule has 2 aromatic carbocycles. The summed E-state index contributed by atoms with van der Waals surface area (Å²) in [5, 5.41) is 13.5. The van der Waals surface area contributed by atoms with Crippen molar-refractivity contribution in [1.29, 1.82) is 0 Å². The number of nitrogens with zero attached hydrogens (tertiary/aromatic N) is 1. The molecule has 3 rings (SSSR count). The highest BCUT2D eigenvalue weighted by atomic mass is 19.1.